The SMILES string of the molecule is O=C(Nc1ccn(-c2ccccc2)n1)C1(c2ccc(Cl)cc2F)CC1. The van der Waals surface area contributed by atoms with Crippen molar-refractivity contribution in [3.05, 3.63) is 77.2 Å². The van der Waals surface area contributed by atoms with Gasteiger partial charge in [-0.05, 0) is 37.1 Å². The Morgan fingerprint density at radius 3 is 2.60 bits per heavy atom. The van der Waals surface area contributed by atoms with Gasteiger partial charge in [0.15, 0.2) is 5.82 Å². The molecule has 6 heteroatoms. The van der Waals surface area contributed by atoms with Crippen LogP contribution in [0.1, 0.15) is 18.4 Å². The fourth-order valence-electron chi connectivity index (χ4n) is 2.97. The molecule has 1 aliphatic carbocycles. The van der Waals surface area contributed by atoms with Crippen LogP contribution in [-0.4, -0.2) is 15.7 Å². The topological polar surface area (TPSA) is 46.9 Å². The van der Waals surface area contributed by atoms with Crippen molar-refractivity contribution < 1.29 is 9.18 Å². The minimum Gasteiger partial charge on any atom is -0.308 e. The van der Waals surface area contributed by atoms with Gasteiger partial charge in [0.2, 0.25) is 5.91 Å². The molecule has 1 aromatic heterocycles. The number of benzene rings is 2. The Kier molecular flexibility index (Phi) is 3.81. The predicted octanol–water partition coefficient (Wildman–Crippen LogP) is 4.34. The molecule has 4 rings (SSSR count). The van der Waals surface area contributed by atoms with Crippen LogP contribution in [-0.2, 0) is 10.2 Å². The molecule has 0 spiro atoms. The van der Waals surface area contributed by atoms with Crippen LogP contribution in [0.4, 0.5) is 10.2 Å². The average Bonchev–Trinajstić information content (AvgIpc) is 3.28. The van der Waals surface area contributed by atoms with Crippen LogP contribution >= 0.6 is 11.6 Å². The summed E-state index contributed by atoms with van der Waals surface area (Å²) < 4.78 is 15.9. The summed E-state index contributed by atoms with van der Waals surface area (Å²) >= 11 is 5.80. The number of rotatable bonds is 4. The second-order valence-corrected chi connectivity index (χ2v) is 6.58. The van der Waals surface area contributed by atoms with Crippen molar-refractivity contribution in [2.45, 2.75) is 18.3 Å². The number of hydrogen-bond donors (Lipinski definition) is 1. The monoisotopic (exact) mass is 355 g/mol. The highest BCUT2D eigenvalue weighted by molar-refractivity contribution is 6.30. The Morgan fingerprint density at radius 1 is 1.16 bits per heavy atom. The fraction of sp³-hybridized carbons (Fsp3) is 0.158. The Hall–Kier alpha value is -2.66. The van der Waals surface area contributed by atoms with E-state index in [0.29, 0.717) is 29.2 Å². The number of carbonyl (C=O) groups is 1. The molecule has 2 aromatic carbocycles. The summed E-state index contributed by atoms with van der Waals surface area (Å²) in [4.78, 5) is 12.7. The molecule has 25 heavy (non-hydrogen) atoms. The van der Waals surface area contributed by atoms with E-state index in [-0.39, 0.29) is 5.91 Å². The van der Waals surface area contributed by atoms with E-state index in [1.165, 1.54) is 6.07 Å². The third kappa shape index (κ3) is 2.91. The van der Waals surface area contributed by atoms with Gasteiger partial charge >= 0.3 is 0 Å². The second kappa shape index (κ2) is 6.01. The van der Waals surface area contributed by atoms with E-state index in [1.807, 2.05) is 30.3 Å². The smallest absolute Gasteiger partial charge is 0.236 e. The van der Waals surface area contributed by atoms with Crippen LogP contribution in [0.25, 0.3) is 5.69 Å². The lowest BCUT2D eigenvalue weighted by molar-refractivity contribution is -0.118. The first-order valence-electron chi connectivity index (χ1n) is 7.97. The molecule has 1 aliphatic rings. The predicted molar refractivity (Wildman–Crippen MR) is 94.5 cm³/mol. The molecule has 0 saturated heterocycles. The largest absolute Gasteiger partial charge is 0.308 e. The summed E-state index contributed by atoms with van der Waals surface area (Å²) in [6.45, 7) is 0. The minimum absolute atomic E-state index is 0.243. The van der Waals surface area contributed by atoms with Gasteiger partial charge in [0.1, 0.15) is 5.82 Å². The van der Waals surface area contributed by atoms with Gasteiger partial charge in [-0.15, -0.1) is 0 Å². The number of hydrogen-bond acceptors (Lipinski definition) is 2. The van der Waals surface area contributed by atoms with Crippen LogP contribution < -0.4 is 5.32 Å². The van der Waals surface area contributed by atoms with E-state index in [2.05, 4.69) is 10.4 Å². The number of nitrogens with zero attached hydrogens (tertiary/aromatic N) is 2. The molecule has 1 heterocycles. The summed E-state index contributed by atoms with van der Waals surface area (Å²) in [5.74, 6) is -0.253. The van der Waals surface area contributed by atoms with E-state index in [9.17, 15) is 9.18 Å². The van der Waals surface area contributed by atoms with E-state index in [0.717, 1.165) is 5.69 Å². The van der Waals surface area contributed by atoms with Crippen LogP contribution in [0, 0.1) is 5.82 Å². The third-order valence-electron chi connectivity index (χ3n) is 4.48. The van der Waals surface area contributed by atoms with Gasteiger partial charge in [-0.2, -0.15) is 5.10 Å². The third-order valence-corrected chi connectivity index (χ3v) is 4.72. The van der Waals surface area contributed by atoms with Gasteiger partial charge in [0, 0.05) is 22.8 Å². The molecule has 0 atom stereocenters. The number of halogens is 2. The quantitative estimate of drug-likeness (QED) is 0.757. The molecular formula is C19H15ClFN3O. The molecule has 1 N–H and O–H groups in total. The van der Waals surface area contributed by atoms with Crippen molar-refractivity contribution in [3.63, 3.8) is 0 Å². The summed E-state index contributed by atoms with van der Waals surface area (Å²) in [5, 5.41) is 7.49. The average molecular weight is 356 g/mol. The maximum Gasteiger partial charge on any atom is 0.236 e. The molecule has 0 unspecified atom stereocenters. The van der Waals surface area contributed by atoms with Gasteiger partial charge in [0.05, 0.1) is 11.1 Å². The first kappa shape index (κ1) is 15.8. The maximum absolute atomic E-state index is 14.2. The standard InChI is InChI=1S/C19H15ClFN3O/c20-13-6-7-15(16(21)12-13)19(9-10-19)18(25)22-17-8-11-24(23-17)14-4-2-1-3-5-14/h1-8,11-12H,9-10H2,(H,22,23,25). The van der Waals surface area contributed by atoms with Crippen LogP contribution in [0.2, 0.25) is 5.02 Å². The normalized spacial score (nSPS) is 15.0. The summed E-state index contributed by atoms with van der Waals surface area (Å²) in [5.41, 5.74) is 0.454. The molecule has 0 aliphatic heterocycles. The Labute approximate surface area is 149 Å². The van der Waals surface area contributed by atoms with E-state index in [1.54, 1.807) is 29.1 Å². The second-order valence-electron chi connectivity index (χ2n) is 6.14. The van der Waals surface area contributed by atoms with Gasteiger partial charge in [-0.25, -0.2) is 9.07 Å². The van der Waals surface area contributed by atoms with Crippen molar-refractivity contribution >= 4 is 23.3 Å². The Bertz CT molecular complexity index is 935. The number of anilines is 1. The van der Waals surface area contributed by atoms with Gasteiger partial charge in [-0.3, -0.25) is 4.79 Å². The summed E-state index contributed by atoms with van der Waals surface area (Å²) in [7, 11) is 0. The first-order chi connectivity index (χ1) is 12.1. The minimum atomic E-state index is -0.828. The zero-order chi connectivity index (χ0) is 17.4. The number of nitrogens with one attached hydrogen (secondary N) is 1. The molecule has 1 fully saturated rings. The van der Waals surface area contributed by atoms with Crippen molar-refractivity contribution in [1.82, 2.24) is 9.78 Å². The number of para-hydroxylation sites is 1. The molecule has 1 saturated carbocycles. The van der Waals surface area contributed by atoms with Crippen molar-refractivity contribution in [2.75, 3.05) is 5.32 Å². The summed E-state index contributed by atoms with van der Waals surface area (Å²) in [6.07, 6.45) is 2.99. The lowest BCUT2D eigenvalue weighted by Gasteiger charge is -2.15. The highest BCUT2D eigenvalue weighted by atomic mass is 35.5. The molecule has 3 aromatic rings. The number of carbonyl (C=O) groups excluding carboxylic acids is 1. The zero-order valence-corrected chi connectivity index (χ0v) is 14.0. The Morgan fingerprint density at radius 2 is 1.92 bits per heavy atom. The number of amides is 1. The maximum atomic E-state index is 14.2. The van der Waals surface area contributed by atoms with Crippen LogP contribution in [0.3, 0.4) is 0 Å². The van der Waals surface area contributed by atoms with E-state index >= 15 is 0 Å². The Balaban J connectivity index is 1.55. The van der Waals surface area contributed by atoms with Crippen molar-refractivity contribution in [3.8, 4) is 5.69 Å². The number of aromatic nitrogens is 2. The zero-order valence-electron chi connectivity index (χ0n) is 13.2. The lowest BCUT2D eigenvalue weighted by atomic mass is 9.94. The lowest BCUT2D eigenvalue weighted by Crippen LogP contribution is -2.29. The van der Waals surface area contributed by atoms with Crippen molar-refractivity contribution in [2.24, 2.45) is 0 Å². The fourth-order valence-corrected chi connectivity index (χ4v) is 3.13. The highest BCUT2D eigenvalue weighted by Gasteiger charge is 2.52. The molecule has 0 radical (unpaired) electrons. The molecule has 4 nitrogen and oxygen atoms in total. The molecule has 126 valence electrons. The van der Waals surface area contributed by atoms with Gasteiger partial charge < -0.3 is 5.32 Å². The van der Waals surface area contributed by atoms with Gasteiger partial charge in [-0.1, -0.05) is 35.9 Å². The van der Waals surface area contributed by atoms with E-state index in [4.69, 9.17) is 11.6 Å². The van der Waals surface area contributed by atoms with Gasteiger partial charge in [0.25, 0.3) is 0 Å². The molecule has 0 bridgehead atoms. The summed E-state index contributed by atoms with van der Waals surface area (Å²) in [6, 6.07) is 15.8. The first-order valence-corrected chi connectivity index (χ1v) is 8.34. The molecular weight excluding hydrogens is 341 g/mol. The van der Waals surface area contributed by atoms with Crippen LogP contribution in [0.5, 0.6) is 0 Å². The highest BCUT2D eigenvalue weighted by Crippen LogP contribution is 2.50. The van der Waals surface area contributed by atoms with Crippen LogP contribution in [0.15, 0.2) is 60.8 Å². The van der Waals surface area contributed by atoms with E-state index < -0.39 is 11.2 Å². The molecule has 1 amide bonds. The van der Waals surface area contributed by atoms with Crippen molar-refractivity contribution in [1.29, 1.82) is 0 Å².